The molecule has 1 aliphatic heterocycles. The van der Waals surface area contributed by atoms with Gasteiger partial charge < -0.3 is 10.1 Å². The Morgan fingerprint density at radius 3 is 3.05 bits per heavy atom. The Morgan fingerprint density at radius 2 is 2.37 bits per heavy atom. The molecule has 0 radical (unpaired) electrons. The van der Waals surface area contributed by atoms with Gasteiger partial charge in [-0.2, -0.15) is 4.98 Å². The van der Waals surface area contributed by atoms with E-state index in [-0.39, 0.29) is 12.4 Å². The van der Waals surface area contributed by atoms with Crippen molar-refractivity contribution in [1.29, 1.82) is 0 Å². The van der Waals surface area contributed by atoms with Gasteiger partial charge in [-0.1, -0.05) is 11.6 Å². The molecule has 0 aliphatic carbocycles. The minimum Gasteiger partial charge on any atom is -0.463 e. The van der Waals surface area contributed by atoms with Gasteiger partial charge in [0.05, 0.1) is 6.61 Å². The molecule has 0 saturated carbocycles. The Hall–Kier alpha value is -0.580. The summed E-state index contributed by atoms with van der Waals surface area (Å²) in [5, 5.41) is 3.89. The van der Waals surface area contributed by atoms with Gasteiger partial charge in [-0.25, -0.2) is 4.98 Å². The van der Waals surface area contributed by atoms with Crippen LogP contribution in [0.3, 0.4) is 0 Å². The van der Waals surface area contributed by atoms with Crippen molar-refractivity contribution >= 4 is 24.0 Å². The molecule has 1 N–H and O–H groups in total. The molecule has 1 unspecified atom stereocenters. The molecule has 4 nitrogen and oxygen atoms in total. The van der Waals surface area contributed by atoms with Crippen LogP contribution >= 0.6 is 24.0 Å². The summed E-state index contributed by atoms with van der Waals surface area (Å²) >= 11 is 5.91. The average molecular weight is 306 g/mol. The number of piperidine rings is 1. The van der Waals surface area contributed by atoms with E-state index in [1.54, 1.807) is 6.20 Å². The second-order valence-corrected chi connectivity index (χ2v) is 5.19. The number of halogens is 2. The molecule has 1 fully saturated rings. The maximum absolute atomic E-state index is 5.91. The monoisotopic (exact) mass is 305 g/mol. The van der Waals surface area contributed by atoms with Crippen LogP contribution in [0.25, 0.3) is 0 Å². The summed E-state index contributed by atoms with van der Waals surface area (Å²) in [7, 11) is 0. The third-order valence-electron chi connectivity index (χ3n) is 3.27. The number of aromatic nitrogens is 2. The van der Waals surface area contributed by atoms with E-state index in [1.165, 1.54) is 25.8 Å². The molecule has 1 aromatic rings. The van der Waals surface area contributed by atoms with Crippen molar-refractivity contribution in [2.24, 2.45) is 5.92 Å². The zero-order valence-corrected chi connectivity index (χ0v) is 12.8. The molecule has 108 valence electrons. The topological polar surface area (TPSA) is 47.0 Å². The van der Waals surface area contributed by atoms with Crippen molar-refractivity contribution in [3.63, 3.8) is 0 Å². The van der Waals surface area contributed by atoms with Gasteiger partial charge in [-0.3, -0.25) is 0 Å². The standard InChI is InChI=1S/C13H20ClN3O.ClH/c1-10-8-16-13(17-12(10)14)18-7-3-5-11-4-2-6-15-9-11;/h8,11,15H,2-7,9H2,1H3;1H. The highest BCUT2D eigenvalue weighted by atomic mass is 35.5. The molecule has 2 rings (SSSR count). The van der Waals surface area contributed by atoms with Crippen molar-refractivity contribution in [3.8, 4) is 6.01 Å². The number of nitrogens with one attached hydrogen (secondary N) is 1. The molecule has 6 heteroatoms. The van der Waals surface area contributed by atoms with E-state index in [1.807, 2.05) is 6.92 Å². The number of rotatable bonds is 5. The molecular formula is C13H21Cl2N3O. The van der Waals surface area contributed by atoms with Gasteiger partial charge in [0.25, 0.3) is 0 Å². The van der Waals surface area contributed by atoms with E-state index in [4.69, 9.17) is 16.3 Å². The first-order valence-corrected chi connectivity index (χ1v) is 6.96. The molecule has 19 heavy (non-hydrogen) atoms. The van der Waals surface area contributed by atoms with E-state index in [2.05, 4.69) is 15.3 Å². The third kappa shape index (κ3) is 5.51. The molecular weight excluding hydrogens is 285 g/mol. The van der Waals surface area contributed by atoms with Gasteiger partial charge in [0.1, 0.15) is 5.15 Å². The van der Waals surface area contributed by atoms with E-state index < -0.39 is 0 Å². The maximum Gasteiger partial charge on any atom is 0.317 e. The smallest absolute Gasteiger partial charge is 0.317 e. The predicted octanol–water partition coefficient (Wildman–Crippen LogP) is 3.02. The second kappa shape index (κ2) is 8.56. The number of hydrogen-bond donors (Lipinski definition) is 1. The Bertz CT molecular complexity index is 384. The van der Waals surface area contributed by atoms with Crippen molar-refractivity contribution in [3.05, 3.63) is 16.9 Å². The first-order chi connectivity index (χ1) is 8.75. The van der Waals surface area contributed by atoms with Gasteiger partial charge >= 0.3 is 6.01 Å². The lowest BCUT2D eigenvalue weighted by molar-refractivity contribution is 0.259. The first-order valence-electron chi connectivity index (χ1n) is 6.58. The molecule has 1 saturated heterocycles. The van der Waals surface area contributed by atoms with Crippen LogP contribution in [0.15, 0.2) is 6.20 Å². The summed E-state index contributed by atoms with van der Waals surface area (Å²) in [6.45, 7) is 4.85. The Kier molecular flexibility index (Phi) is 7.42. The lowest BCUT2D eigenvalue weighted by Gasteiger charge is -2.22. The molecule has 1 aromatic heterocycles. The third-order valence-corrected chi connectivity index (χ3v) is 3.66. The van der Waals surface area contributed by atoms with E-state index in [0.29, 0.717) is 17.8 Å². The van der Waals surface area contributed by atoms with Crippen molar-refractivity contribution < 1.29 is 4.74 Å². The number of ether oxygens (including phenoxy) is 1. The highest BCUT2D eigenvalue weighted by Gasteiger charge is 2.12. The van der Waals surface area contributed by atoms with Crippen molar-refractivity contribution in [2.45, 2.75) is 32.6 Å². The Morgan fingerprint density at radius 1 is 1.53 bits per heavy atom. The molecule has 0 amide bonds. The minimum atomic E-state index is 0. The normalized spacial score (nSPS) is 18.7. The molecule has 0 bridgehead atoms. The van der Waals surface area contributed by atoms with Crippen LogP contribution in [0.4, 0.5) is 0 Å². The largest absolute Gasteiger partial charge is 0.463 e. The van der Waals surface area contributed by atoms with E-state index in [9.17, 15) is 0 Å². The Balaban J connectivity index is 0.00000180. The Labute approximate surface area is 125 Å². The van der Waals surface area contributed by atoms with Gasteiger partial charge in [-0.15, -0.1) is 12.4 Å². The zero-order chi connectivity index (χ0) is 12.8. The highest BCUT2D eigenvalue weighted by molar-refractivity contribution is 6.30. The number of hydrogen-bond acceptors (Lipinski definition) is 4. The molecule has 2 heterocycles. The molecule has 1 aliphatic rings. The van der Waals surface area contributed by atoms with Crippen LogP contribution in [0, 0.1) is 12.8 Å². The second-order valence-electron chi connectivity index (χ2n) is 4.83. The fourth-order valence-electron chi connectivity index (χ4n) is 2.18. The lowest BCUT2D eigenvalue weighted by atomic mass is 9.95. The summed E-state index contributed by atoms with van der Waals surface area (Å²) in [4.78, 5) is 8.17. The van der Waals surface area contributed by atoms with Crippen LogP contribution < -0.4 is 10.1 Å². The van der Waals surface area contributed by atoms with Gasteiger partial charge in [-0.05, 0) is 51.6 Å². The van der Waals surface area contributed by atoms with E-state index in [0.717, 1.165) is 24.4 Å². The fraction of sp³-hybridized carbons (Fsp3) is 0.692. The van der Waals surface area contributed by atoms with Crippen molar-refractivity contribution in [2.75, 3.05) is 19.7 Å². The summed E-state index contributed by atoms with van der Waals surface area (Å²) < 4.78 is 5.51. The average Bonchev–Trinajstić information content (AvgIpc) is 2.40. The quantitative estimate of drug-likeness (QED) is 0.671. The van der Waals surface area contributed by atoms with Crippen LogP contribution in [0.5, 0.6) is 6.01 Å². The van der Waals surface area contributed by atoms with Gasteiger partial charge in [0.15, 0.2) is 0 Å². The predicted molar refractivity (Wildman–Crippen MR) is 79.3 cm³/mol. The molecule has 1 atom stereocenters. The SMILES string of the molecule is Cc1cnc(OCCCC2CCCNC2)nc1Cl.Cl. The highest BCUT2D eigenvalue weighted by Crippen LogP contribution is 2.17. The summed E-state index contributed by atoms with van der Waals surface area (Å²) in [5.74, 6) is 0.796. The number of aryl methyl sites for hydroxylation is 1. The van der Waals surface area contributed by atoms with Crippen molar-refractivity contribution in [1.82, 2.24) is 15.3 Å². The van der Waals surface area contributed by atoms with Crippen LogP contribution in [0.2, 0.25) is 5.15 Å². The molecule has 0 aromatic carbocycles. The summed E-state index contributed by atoms with van der Waals surface area (Å²) in [5.41, 5.74) is 0.872. The molecule has 0 spiro atoms. The maximum atomic E-state index is 5.91. The van der Waals surface area contributed by atoms with Gasteiger partial charge in [0.2, 0.25) is 0 Å². The van der Waals surface area contributed by atoms with Crippen LogP contribution in [-0.2, 0) is 0 Å². The van der Waals surface area contributed by atoms with Crippen LogP contribution in [0.1, 0.15) is 31.2 Å². The minimum absolute atomic E-state index is 0. The van der Waals surface area contributed by atoms with Gasteiger partial charge in [0, 0.05) is 11.8 Å². The summed E-state index contributed by atoms with van der Waals surface area (Å²) in [6, 6.07) is 0.382. The number of nitrogens with zero attached hydrogens (tertiary/aromatic N) is 2. The van der Waals surface area contributed by atoms with E-state index >= 15 is 0 Å². The first kappa shape index (κ1) is 16.5. The lowest BCUT2D eigenvalue weighted by Crippen LogP contribution is -2.29. The zero-order valence-electron chi connectivity index (χ0n) is 11.2. The fourth-order valence-corrected chi connectivity index (χ4v) is 2.30. The summed E-state index contributed by atoms with van der Waals surface area (Å²) in [6.07, 6.45) is 6.56. The van der Waals surface area contributed by atoms with Crippen LogP contribution in [-0.4, -0.2) is 29.7 Å².